The van der Waals surface area contributed by atoms with E-state index in [1.54, 1.807) is 6.92 Å². The first-order valence-corrected chi connectivity index (χ1v) is 4.51. The predicted octanol–water partition coefficient (Wildman–Crippen LogP) is 1.49. The van der Waals surface area contributed by atoms with Crippen molar-refractivity contribution in [3.63, 3.8) is 0 Å². The molecule has 72 valence electrons. The molecule has 0 rings (SSSR count). The van der Waals surface area contributed by atoms with Gasteiger partial charge in [-0.15, -0.1) is 0 Å². The molecule has 1 N–H and O–H groups in total. The molecule has 0 unspecified atom stereocenters. The highest BCUT2D eigenvalue weighted by atomic mass is 16.5. The second-order valence-corrected chi connectivity index (χ2v) is 2.87. The van der Waals surface area contributed by atoms with Crippen molar-refractivity contribution in [2.24, 2.45) is 0 Å². The smallest absolute Gasteiger partial charge is 0.305 e. The summed E-state index contributed by atoms with van der Waals surface area (Å²) in [5, 5.41) is 8.50. The average molecular weight is 174 g/mol. The fourth-order valence-electron chi connectivity index (χ4n) is 0.910. The van der Waals surface area contributed by atoms with Crippen LogP contribution in [-0.4, -0.2) is 23.8 Å². The number of carbonyl (C=O) groups is 1. The second-order valence-electron chi connectivity index (χ2n) is 2.87. The van der Waals surface area contributed by atoms with Gasteiger partial charge in [0, 0.05) is 13.0 Å². The molecule has 3 heteroatoms. The molecule has 0 saturated heterocycles. The van der Waals surface area contributed by atoms with E-state index in [9.17, 15) is 4.79 Å². The van der Waals surface area contributed by atoms with Gasteiger partial charge in [-0.1, -0.05) is 6.92 Å². The molecule has 0 aromatic heterocycles. The summed E-state index contributed by atoms with van der Waals surface area (Å²) in [7, 11) is 0. The quantitative estimate of drug-likeness (QED) is 0.490. The lowest BCUT2D eigenvalue weighted by Crippen LogP contribution is -2.13. The third kappa shape index (κ3) is 6.16. The minimum absolute atomic E-state index is 0.0102. The van der Waals surface area contributed by atoms with Crippen molar-refractivity contribution in [2.45, 2.75) is 45.6 Å². The number of hydrogen-bond donors (Lipinski definition) is 1. The summed E-state index contributed by atoms with van der Waals surface area (Å²) >= 11 is 0. The maximum Gasteiger partial charge on any atom is 0.305 e. The summed E-state index contributed by atoms with van der Waals surface area (Å²) in [6, 6.07) is 0. The van der Waals surface area contributed by atoms with Gasteiger partial charge in [0.05, 0.1) is 6.10 Å². The molecule has 0 aromatic rings. The van der Waals surface area contributed by atoms with Gasteiger partial charge in [-0.2, -0.15) is 0 Å². The van der Waals surface area contributed by atoms with Crippen LogP contribution in [0.3, 0.4) is 0 Å². The molecule has 0 bridgehead atoms. The Morgan fingerprint density at radius 3 is 2.67 bits per heavy atom. The van der Waals surface area contributed by atoms with Gasteiger partial charge < -0.3 is 9.84 Å². The van der Waals surface area contributed by atoms with Gasteiger partial charge in [0.1, 0.15) is 0 Å². The van der Waals surface area contributed by atoms with Crippen molar-refractivity contribution in [2.75, 3.05) is 6.61 Å². The van der Waals surface area contributed by atoms with E-state index in [1.165, 1.54) is 0 Å². The Hall–Kier alpha value is -0.570. The first-order valence-electron chi connectivity index (χ1n) is 4.51. The van der Waals surface area contributed by atoms with Crippen molar-refractivity contribution >= 4 is 5.97 Å². The van der Waals surface area contributed by atoms with Crippen molar-refractivity contribution in [3.8, 4) is 0 Å². The zero-order valence-electron chi connectivity index (χ0n) is 7.88. The Morgan fingerprint density at radius 1 is 1.50 bits per heavy atom. The number of esters is 1. The fraction of sp³-hybridized carbons (Fsp3) is 0.889. The molecule has 0 spiro atoms. The average Bonchev–Trinajstić information content (AvgIpc) is 2.05. The lowest BCUT2D eigenvalue weighted by Gasteiger charge is -2.11. The number of aliphatic hydroxyl groups is 1. The second kappa shape index (κ2) is 7.10. The summed E-state index contributed by atoms with van der Waals surface area (Å²) < 4.78 is 5.03. The van der Waals surface area contributed by atoms with Gasteiger partial charge in [0.2, 0.25) is 0 Å². The molecule has 3 nitrogen and oxygen atoms in total. The van der Waals surface area contributed by atoms with E-state index in [4.69, 9.17) is 9.84 Å². The lowest BCUT2D eigenvalue weighted by molar-refractivity contribution is -0.148. The Morgan fingerprint density at radius 2 is 2.17 bits per heavy atom. The minimum Gasteiger partial charge on any atom is -0.463 e. The lowest BCUT2D eigenvalue weighted by atomic mass is 10.2. The molecule has 0 aliphatic rings. The van der Waals surface area contributed by atoms with E-state index in [2.05, 4.69) is 0 Å². The first-order chi connectivity index (χ1) is 5.70. The van der Waals surface area contributed by atoms with Crippen molar-refractivity contribution in [3.05, 3.63) is 0 Å². The third-order valence-corrected chi connectivity index (χ3v) is 1.64. The number of aliphatic hydroxyl groups excluding tert-OH is 1. The van der Waals surface area contributed by atoms with E-state index in [-0.39, 0.29) is 18.7 Å². The topological polar surface area (TPSA) is 46.5 Å². The van der Waals surface area contributed by atoms with Gasteiger partial charge >= 0.3 is 5.97 Å². The Balaban J connectivity index is 3.32. The molecule has 0 aromatic carbocycles. The molecule has 0 radical (unpaired) electrons. The van der Waals surface area contributed by atoms with Crippen molar-refractivity contribution < 1.29 is 14.6 Å². The molecule has 0 fully saturated rings. The zero-order valence-corrected chi connectivity index (χ0v) is 7.88. The molecular weight excluding hydrogens is 156 g/mol. The Kier molecular flexibility index (Phi) is 6.76. The van der Waals surface area contributed by atoms with E-state index in [0.29, 0.717) is 6.42 Å². The molecule has 0 amide bonds. The van der Waals surface area contributed by atoms with Crippen LogP contribution >= 0.6 is 0 Å². The van der Waals surface area contributed by atoms with Crippen LogP contribution in [0, 0.1) is 0 Å². The van der Waals surface area contributed by atoms with Crippen LogP contribution in [0.25, 0.3) is 0 Å². The van der Waals surface area contributed by atoms with Gasteiger partial charge in [-0.25, -0.2) is 0 Å². The molecule has 0 saturated carbocycles. The van der Waals surface area contributed by atoms with Crippen LogP contribution < -0.4 is 0 Å². The maximum absolute atomic E-state index is 10.8. The summed E-state index contributed by atoms with van der Waals surface area (Å²) in [6.45, 7) is 3.88. The van der Waals surface area contributed by atoms with Crippen molar-refractivity contribution in [1.29, 1.82) is 0 Å². The van der Waals surface area contributed by atoms with Crippen LogP contribution in [0.1, 0.15) is 39.5 Å². The van der Waals surface area contributed by atoms with Gasteiger partial charge in [0.15, 0.2) is 0 Å². The van der Waals surface area contributed by atoms with E-state index in [1.807, 2.05) is 6.92 Å². The van der Waals surface area contributed by atoms with Gasteiger partial charge in [-0.05, 0) is 26.2 Å². The molecule has 1 atom stereocenters. The Bertz CT molecular complexity index is 123. The Labute approximate surface area is 73.7 Å². The van der Waals surface area contributed by atoms with Crippen LogP contribution in [-0.2, 0) is 9.53 Å². The summed E-state index contributed by atoms with van der Waals surface area (Å²) in [4.78, 5) is 10.8. The molecule has 0 aliphatic carbocycles. The van der Waals surface area contributed by atoms with E-state index >= 15 is 0 Å². The zero-order chi connectivity index (χ0) is 9.40. The number of unbranched alkanes of at least 4 members (excludes halogenated alkanes) is 1. The molecule has 12 heavy (non-hydrogen) atoms. The van der Waals surface area contributed by atoms with Crippen LogP contribution in [0.4, 0.5) is 0 Å². The number of rotatable bonds is 6. The fourth-order valence-corrected chi connectivity index (χ4v) is 0.910. The van der Waals surface area contributed by atoms with Crippen LogP contribution in [0.15, 0.2) is 0 Å². The van der Waals surface area contributed by atoms with E-state index in [0.717, 1.165) is 19.3 Å². The normalized spacial score (nSPS) is 12.6. The highest BCUT2D eigenvalue weighted by molar-refractivity contribution is 5.69. The SMILES string of the molecule is CCC(=O)O[C@@H](C)CCCCO. The minimum atomic E-state index is -0.147. The van der Waals surface area contributed by atoms with Crippen LogP contribution in [0.5, 0.6) is 0 Å². The van der Waals surface area contributed by atoms with E-state index < -0.39 is 0 Å². The molecular formula is C9H18O3. The highest BCUT2D eigenvalue weighted by Crippen LogP contribution is 2.04. The standard InChI is InChI=1S/C9H18O3/c1-3-9(11)12-8(2)6-4-5-7-10/h8,10H,3-7H2,1-2H3/t8-/m0/s1. The largest absolute Gasteiger partial charge is 0.463 e. The summed E-state index contributed by atoms with van der Waals surface area (Å²) in [6.07, 6.45) is 2.96. The predicted molar refractivity (Wildman–Crippen MR) is 46.8 cm³/mol. The van der Waals surface area contributed by atoms with Gasteiger partial charge in [-0.3, -0.25) is 4.79 Å². The number of carbonyl (C=O) groups excluding carboxylic acids is 1. The number of hydrogen-bond acceptors (Lipinski definition) is 3. The summed E-state index contributed by atoms with van der Waals surface area (Å²) in [5.41, 5.74) is 0. The monoisotopic (exact) mass is 174 g/mol. The van der Waals surface area contributed by atoms with Crippen molar-refractivity contribution in [1.82, 2.24) is 0 Å². The first kappa shape index (κ1) is 11.4. The number of ether oxygens (including phenoxy) is 1. The maximum atomic E-state index is 10.8. The summed E-state index contributed by atoms with van der Waals surface area (Å²) in [5.74, 6) is -0.147. The molecule has 0 heterocycles. The molecule has 0 aliphatic heterocycles. The van der Waals surface area contributed by atoms with Gasteiger partial charge in [0.25, 0.3) is 0 Å². The third-order valence-electron chi connectivity index (χ3n) is 1.64. The highest BCUT2D eigenvalue weighted by Gasteiger charge is 2.06. The van der Waals surface area contributed by atoms with Crippen LogP contribution in [0.2, 0.25) is 0 Å².